The average molecular weight is 1760 g/mol. The minimum atomic E-state index is -0.935. The van der Waals surface area contributed by atoms with Crippen LogP contribution in [0.4, 0.5) is 45.5 Å². The summed E-state index contributed by atoms with van der Waals surface area (Å²) in [7, 11) is 4.30. The zero-order valence-corrected chi connectivity index (χ0v) is 79.3. The van der Waals surface area contributed by atoms with Crippen LogP contribution in [0, 0.1) is 30.1 Å². The SMILES string of the molecule is C.C=C(C)C(=O)O.C=C(C)C(=O)OC1CC(C)(C)N(C)C(C)(C)C1.C=C(C)C(=O)OCc1ccc(Nc2ccc(Nc3ccc(C)cc3)c3c2C(=O)c2ccccc2C3=O)cc1.CCC(C)(C)C(=O)O.CCC(C)(C)C(=O)OC1CC(C)(C)N(C)C(C)(C)C1.CCC(C)(C)C(=O)OCc1ccc(Nc2ccc(Nc3ccc(C)cc3)c3c2C(=O)c2ccccc2C3=O)cc1.[2H-]. The van der Waals surface area contributed by atoms with E-state index in [0.717, 1.165) is 77.1 Å². The number of fused-ring (bicyclic) bond motifs is 4. The van der Waals surface area contributed by atoms with Gasteiger partial charge in [-0.1, -0.05) is 156 Å². The highest BCUT2D eigenvalue weighted by Gasteiger charge is 2.47. The first-order valence-electron chi connectivity index (χ1n) is 43.4. The molecule has 0 bridgehead atoms. The molecule has 2 fully saturated rings. The van der Waals surface area contributed by atoms with Crippen molar-refractivity contribution in [3.05, 3.63) is 273 Å². The van der Waals surface area contributed by atoms with Gasteiger partial charge in [0.25, 0.3) is 0 Å². The number of hydrogen-bond acceptors (Lipinski definition) is 20. The lowest BCUT2D eigenvalue weighted by molar-refractivity contribution is -0.169. The second-order valence-corrected chi connectivity index (χ2v) is 37.9. The summed E-state index contributed by atoms with van der Waals surface area (Å²) >= 11 is 0. The van der Waals surface area contributed by atoms with Gasteiger partial charge in [0.15, 0.2) is 23.1 Å². The third-order valence-corrected chi connectivity index (χ3v) is 24.5. The van der Waals surface area contributed by atoms with E-state index in [-0.39, 0.29) is 108 Å². The number of esters is 4. The number of aryl methyl sites for hydroxylation is 2. The number of aliphatic carboxylic acids is 2. The van der Waals surface area contributed by atoms with E-state index in [1.165, 1.54) is 6.92 Å². The molecule has 129 heavy (non-hydrogen) atoms. The molecule has 0 atom stereocenters. The van der Waals surface area contributed by atoms with Gasteiger partial charge in [-0.2, -0.15) is 0 Å². The molecule has 0 amide bonds. The number of nitrogens with zero attached hydrogens (tertiary/aromatic N) is 2. The number of hydrogen-bond donors (Lipinski definition) is 6. The number of rotatable bonds is 23. The number of carboxylic acid groups (broad SMARTS) is 2. The first-order valence-corrected chi connectivity index (χ1v) is 43.4. The molecule has 0 saturated carbocycles. The maximum absolute atomic E-state index is 13.8. The van der Waals surface area contributed by atoms with Crippen LogP contribution in [0.15, 0.2) is 206 Å². The van der Waals surface area contributed by atoms with E-state index in [4.69, 9.17) is 29.2 Å². The lowest BCUT2D eigenvalue weighted by Crippen LogP contribution is -2.60. The number of carbonyl (C=O) groups excluding carboxylic acids is 8. The zero-order chi connectivity index (χ0) is 95.7. The van der Waals surface area contributed by atoms with E-state index in [1.54, 1.807) is 82.3 Å². The Bertz CT molecular complexity index is 5400. The maximum atomic E-state index is 13.8. The van der Waals surface area contributed by atoms with Crippen LogP contribution in [-0.4, -0.2) is 127 Å². The summed E-state index contributed by atoms with van der Waals surface area (Å²) < 4.78 is 22.0. The molecule has 0 radical (unpaired) electrons. The molecular weight excluding hydrogens is 1630 g/mol. The fourth-order valence-corrected chi connectivity index (χ4v) is 14.5. The van der Waals surface area contributed by atoms with Crippen LogP contribution in [-0.2, 0) is 60.9 Å². The molecule has 12 rings (SSSR count). The number of benzene rings is 8. The molecule has 6 N–H and O–H groups in total. The highest BCUT2D eigenvalue weighted by Crippen LogP contribution is 2.44. The van der Waals surface area contributed by atoms with Crippen molar-refractivity contribution in [2.75, 3.05) is 35.4 Å². The van der Waals surface area contributed by atoms with Gasteiger partial charge in [-0.05, 0) is 249 Å². The smallest absolute Gasteiger partial charge is 0.333 e. The number of likely N-dealkylation sites (tertiary alicyclic amines) is 2. The van der Waals surface area contributed by atoms with Gasteiger partial charge >= 0.3 is 35.8 Å². The van der Waals surface area contributed by atoms with Crippen LogP contribution in [0.25, 0.3) is 0 Å². The Kier molecular flexibility index (Phi) is 36.0. The molecule has 0 spiro atoms. The average Bonchev–Trinajstić information content (AvgIpc) is 0.742. The second-order valence-electron chi connectivity index (χ2n) is 37.9. The van der Waals surface area contributed by atoms with Gasteiger partial charge < -0.3 is 51.9 Å². The number of ketones is 4. The van der Waals surface area contributed by atoms with Crippen molar-refractivity contribution in [1.29, 1.82) is 0 Å². The fraction of sp³-hybridized carbons (Fsp3) is 0.402. The second kappa shape index (κ2) is 44.1. The van der Waals surface area contributed by atoms with Crippen molar-refractivity contribution in [2.24, 2.45) is 16.2 Å². The van der Waals surface area contributed by atoms with Crippen LogP contribution in [0.3, 0.4) is 0 Å². The molecule has 8 aromatic rings. The Morgan fingerprint density at radius 3 is 0.899 bits per heavy atom. The number of carboxylic acids is 2. The molecular formula is C107H137N6O16-. The molecule has 692 valence electrons. The Morgan fingerprint density at radius 2 is 0.651 bits per heavy atom. The fourth-order valence-electron chi connectivity index (χ4n) is 14.5. The van der Waals surface area contributed by atoms with E-state index < -0.39 is 28.7 Å². The predicted octanol–water partition coefficient (Wildman–Crippen LogP) is 23.9. The maximum Gasteiger partial charge on any atom is 0.333 e. The largest absolute Gasteiger partial charge is 1.00 e. The van der Waals surface area contributed by atoms with Crippen molar-refractivity contribution >= 4 is 104 Å². The topological polar surface area (TPSA) is 303 Å². The normalized spacial score (nSPS) is 15.2. The predicted molar refractivity (Wildman–Crippen MR) is 517 cm³/mol. The third kappa shape index (κ3) is 27.6. The zero-order valence-electron chi connectivity index (χ0n) is 80.3. The molecule has 22 heteroatoms. The van der Waals surface area contributed by atoms with Gasteiger partial charge in [0, 0.05) is 110 Å². The van der Waals surface area contributed by atoms with E-state index in [1.807, 2.05) is 178 Å². The van der Waals surface area contributed by atoms with E-state index >= 15 is 0 Å². The Hall–Kier alpha value is -12.4. The van der Waals surface area contributed by atoms with Crippen LogP contribution in [0.1, 0.15) is 278 Å². The molecule has 4 aliphatic rings. The molecule has 0 unspecified atom stereocenters. The molecule has 2 aliphatic carbocycles. The number of anilines is 8. The van der Waals surface area contributed by atoms with Crippen LogP contribution in [0.5, 0.6) is 0 Å². The third-order valence-electron chi connectivity index (χ3n) is 24.5. The minimum Gasteiger partial charge on any atom is -1.00 e. The number of ether oxygens (including phenoxy) is 4. The van der Waals surface area contributed by atoms with Gasteiger partial charge in [-0.15, -0.1) is 0 Å². The van der Waals surface area contributed by atoms with E-state index in [9.17, 15) is 47.9 Å². The quantitative estimate of drug-likeness (QED) is 0.0197. The lowest BCUT2D eigenvalue weighted by Gasteiger charge is -2.53. The lowest BCUT2D eigenvalue weighted by atomic mass is 9.78. The molecule has 22 nitrogen and oxygen atoms in total. The van der Waals surface area contributed by atoms with Gasteiger partial charge in [-0.3, -0.25) is 43.4 Å². The number of nitrogens with one attached hydrogen (secondary N) is 4. The molecule has 0 aromatic heterocycles. The van der Waals surface area contributed by atoms with Gasteiger partial charge in [0.2, 0.25) is 0 Å². The molecule has 8 aromatic carbocycles. The van der Waals surface area contributed by atoms with Crippen molar-refractivity contribution in [1.82, 2.24) is 9.80 Å². The van der Waals surface area contributed by atoms with Crippen molar-refractivity contribution in [3.63, 3.8) is 0 Å². The van der Waals surface area contributed by atoms with Crippen LogP contribution >= 0.6 is 0 Å². The Morgan fingerprint density at radius 1 is 0.395 bits per heavy atom. The summed E-state index contributed by atoms with van der Waals surface area (Å²) in [6.07, 6.45) is 5.74. The van der Waals surface area contributed by atoms with Crippen molar-refractivity contribution < 1.29 is 78.5 Å². The first kappa shape index (κ1) is 105. The molecule has 2 aliphatic heterocycles. The van der Waals surface area contributed by atoms with Crippen molar-refractivity contribution in [3.8, 4) is 0 Å². The van der Waals surface area contributed by atoms with Gasteiger partial charge in [-0.25, -0.2) is 14.4 Å². The molecule has 2 saturated heterocycles. The summed E-state index contributed by atoms with van der Waals surface area (Å²) in [6, 6.07) is 51.6. The van der Waals surface area contributed by atoms with Crippen LogP contribution < -0.4 is 21.3 Å². The van der Waals surface area contributed by atoms with E-state index in [0.29, 0.717) is 91.2 Å². The summed E-state index contributed by atoms with van der Waals surface area (Å²) in [5.41, 5.74) is 11.9. The van der Waals surface area contributed by atoms with Gasteiger partial charge in [0.1, 0.15) is 25.4 Å². The summed E-state index contributed by atoms with van der Waals surface area (Å²) in [6.45, 7) is 54.0. The molecule has 2 heterocycles. The van der Waals surface area contributed by atoms with Crippen molar-refractivity contribution in [2.45, 2.75) is 252 Å². The minimum absolute atomic E-state index is 0. The number of piperidine rings is 2. The summed E-state index contributed by atoms with van der Waals surface area (Å²) in [4.78, 5) is 127. The first-order chi connectivity index (χ1) is 59.6. The number of carbonyl (C=O) groups is 10. The monoisotopic (exact) mass is 1760 g/mol. The van der Waals surface area contributed by atoms with Crippen LogP contribution in [0.2, 0.25) is 0 Å². The van der Waals surface area contributed by atoms with E-state index in [2.05, 4.69) is 120 Å². The Balaban J connectivity index is 0.000000305. The summed E-state index contributed by atoms with van der Waals surface area (Å²) in [5, 5.41) is 29.6. The Labute approximate surface area is 765 Å². The standard InChI is InChI=1S/C34H32N2O4.C32H26N2O4.C16H31NO2.C14H25NO2.C6H12O2.C4H6O2.CH4.H/c1-5-34(3,4)33(39)40-20-22-12-16-24(17-13-22)36-28-19-18-27(35-23-14-10-21(2)11-15-23)29-30(28)32(38)26-9-7-6-8-25(26)31(29)37;1-19(2)32(37)38-18-21-10-14-23(15-11-21)34-27-17-16-26(33-22-12-8-20(3)9-13-22)28-29(27)31(36)25-7-5-4-6-24(25)30(28)35;1-9-14(2,3)13(18)19-12-10-15(4,5)17(8)16(6,7)11-12;1-10(2)12(16)17-11-8-13(3,4)15(7)14(5,6)9-11;1-4-6(2,3)5(7)8;1-3(2)4(5)6;;/h6-19,35-36H,5,20H2,1-4H3;4-17,33-34H,1,18H2,2-3H3;12H,9-11H2,1-8H3;11H,1,8-9H2,2-7H3;4H2,1-3H3,(H,7,8);1H2,2H3,(H,5,6);1H4;/q;;;;;;;-1/i;;;;;;;1+1. The van der Waals surface area contributed by atoms with Gasteiger partial charge in [0.05, 0.1) is 61.2 Å². The highest BCUT2D eigenvalue weighted by molar-refractivity contribution is 6.33. The summed E-state index contributed by atoms with van der Waals surface area (Å²) in [5.74, 6) is -3.49. The highest BCUT2D eigenvalue weighted by atomic mass is 16.6.